The van der Waals surface area contributed by atoms with Gasteiger partial charge < -0.3 is 0 Å². The van der Waals surface area contributed by atoms with E-state index in [4.69, 9.17) is 4.89 Å². The lowest BCUT2D eigenvalue weighted by Gasteiger charge is -2.38. The fraction of sp³-hybridized carbons (Fsp3) is 0.696. The Labute approximate surface area is 158 Å². The maximum absolute atomic E-state index is 9.62. The lowest BCUT2D eigenvalue weighted by atomic mass is 9.68. The maximum Gasteiger partial charge on any atom is 0.120 e. The second kappa shape index (κ2) is 8.55. The molecule has 1 N–H and O–H groups in total. The topological polar surface area (TPSA) is 53.2 Å². The van der Waals surface area contributed by atoms with Gasteiger partial charge in [0.2, 0.25) is 0 Å². The van der Waals surface area contributed by atoms with Crippen molar-refractivity contribution in [1.82, 2.24) is 0 Å². The Kier molecular flexibility index (Phi) is 6.37. The van der Waals surface area contributed by atoms with E-state index in [2.05, 4.69) is 13.0 Å². The predicted molar refractivity (Wildman–Crippen MR) is 104 cm³/mol. The standard InChI is InChI=1S/C23H33NO2/c1-15-4-6-18(7-5-15)19-8-10-20(11-9-19)23(26-25)21-12-16(2)22(14-24)17(3)13-21/h12-13,15,18-20,23,25H,4-11H2,1-3H3. The van der Waals surface area contributed by atoms with Gasteiger partial charge in [-0.25, -0.2) is 4.89 Å². The molecule has 142 valence electrons. The third-order valence-corrected chi connectivity index (χ3v) is 7.08. The average Bonchev–Trinajstić information content (AvgIpc) is 2.63. The quantitative estimate of drug-likeness (QED) is 0.506. The van der Waals surface area contributed by atoms with Crippen molar-refractivity contribution in [3.63, 3.8) is 0 Å². The molecule has 2 fully saturated rings. The molecule has 3 rings (SSSR count). The van der Waals surface area contributed by atoms with Crippen molar-refractivity contribution in [3.8, 4) is 6.07 Å². The molecular formula is C23H33NO2. The fourth-order valence-corrected chi connectivity index (χ4v) is 5.43. The van der Waals surface area contributed by atoms with Crippen LogP contribution < -0.4 is 0 Å². The molecule has 1 unspecified atom stereocenters. The molecule has 0 radical (unpaired) electrons. The Morgan fingerprint density at radius 3 is 1.92 bits per heavy atom. The van der Waals surface area contributed by atoms with Crippen LogP contribution >= 0.6 is 0 Å². The van der Waals surface area contributed by atoms with Gasteiger partial charge in [-0.1, -0.05) is 31.9 Å². The van der Waals surface area contributed by atoms with Crippen LogP contribution in [-0.4, -0.2) is 5.26 Å². The highest BCUT2D eigenvalue weighted by molar-refractivity contribution is 5.46. The van der Waals surface area contributed by atoms with Gasteiger partial charge in [-0.05, 0) is 92.7 Å². The van der Waals surface area contributed by atoms with Gasteiger partial charge in [0.25, 0.3) is 0 Å². The van der Waals surface area contributed by atoms with Crippen molar-refractivity contribution in [2.24, 2.45) is 23.7 Å². The summed E-state index contributed by atoms with van der Waals surface area (Å²) in [5.74, 6) is 3.06. The van der Waals surface area contributed by atoms with Gasteiger partial charge in [0, 0.05) is 0 Å². The van der Waals surface area contributed by atoms with E-state index in [1.807, 2.05) is 26.0 Å². The minimum absolute atomic E-state index is 0.271. The van der Waals surface area contributed by atoms with Crippen LogP contribution in [0.25, 0.3) is 0 Å². The van der Waals surface area contributed by atoms with Crippen LogP contribution in [0.4, 0.5) is 0 Å². The molecule has 0 aromatic heterocycles. The van der Waals surface area contributed by atoms with Crippen molar-refractivity contribution in [2.75, 3.05) is 0 Å². The number of benzene rings is 1. The maximum atomic E-state index is 9.62. The molecule has 0 amide bonds. The summed E-state index contributed by atoms with van der Waals surface area (Å²) in [6.07, 6.45) is 10.1. The monoisotopic (exact) mass is 355 g/mol. The first-order valence-electron chi connectivity index (χ1n) is 10.3. The van der Waals surface area contributed by atoms with Crippen LogP contribution in [0.2, 0.25) is 0 Å². The Morgan fingerprint density at radius 1 is 0.962 bits per heavy atom. The summed E-state index contributed by atoms with van der Waals surface area (Å²) >= 11 is 0. The van der Waals surface area contributed by atoms with Crippen molar-refractivity contribution < 1.29 is 10.1 Å². The normalized spacial score (nSPS) is 30.6. The molecule has 1 atom stereocenters. The molecule has 2 aliphatic rings. The van der Waals surface area contributed by atoms with Crippen molar-refractivity contribution in [1.29, 1.82) is 5.26 Å². The fourth-order valence-electron chi connectivity index (χ4n) is 5.43. The molecule has 2 saturated carbocycles. The van der Waals surface area contributed by atoms with E-state index in [1.165, 1.54) is 38.5 Å². The summed E-state index contributed by atoms with van der Waals surface area (Å²) < 4.78 is 0. The van der Waals surface area contributed by atoms with Crippen molar-refractivity contribution in [2.45, 2.75) is 78.2 Å². The van der Waals surface area contributed by atoms with E-state index >= 15 is 0 Å². The molecule has 0 aliphatic heterocycles. The summed E-state index contributed by atoms with van der Waals surface area (Å²) in [6, 6.07) is 6.30. The average molecular weight is 356 g/mol. The Balaban J connectivity index is 1.65. The van der Waals surface area contributed by atoms with Gasteiger partial charge in [0.1, 0.15) is 6.10 Å². The van der Waals surface area contributed by atoms with Crippen molar-refractivity contribution in [3.05, 3.63) is 34.4 Å². The van der Waals surface area contributed by atoms with E-state index in [0.29, 0.717) is 5.92 Å². The first-order chi connectivity index (χ1) is 12.5. The van der Waals surface area contributed by atoms with E-state index in [9.17, 15) is 10.5 Å². The molecule has 0 spiro atoms. The summed E-state index contributed by atoms with van der Waals surface area (Å²) in [4.78, 5) is 4.97. The Morgan fingerprint density at radius 2 is 1.46 bits per heavy atom. The van der Waals surface area contributed by atoms with Gasteiger partial charge in [-0.15, -0.1) is 0 Å². The number of nitrogens with zero attached hydrogens (tertiary/aromatic N) is 1. The highest BCUT2D eigenvalue weighted by Gasteiger charge is 2.34. The lowest BCUT2D eigenvalue weighted by Crippen LogP contribution is -2.28. The second-order valence-electron chi connectivity index (χ2n) is 8.86. The molecule has 1 aromatic rings. The minimum atomic E-state index is -0.271. The zero-order valence-corrected chi connectivity index (χ0v) is 16.5. The first-order valence-corrected chi connectivity index (χ1v) is 10.3. The molecule has 0 bridgehead atoms. The smallest absolute Gasteiger partial charge is 0.120 e. The highest BCUT2D eigenvalue weighted by atomic mass is 17.1. The minimum Gasteiger partial charge on any atom is -0.251 e. The van der Waals surface area contributed by atoms with Crippen molar-refractivity contribution >= 4 is 0 Å². The van der Waals surface area contributed by atoms with Crippen LogP contribution in [-0.2, 0) is 4.89 Å². The van der Waals surface area contributed by atoms with E-state index < -0.39 is 0 Å². The summed E-state index contributed by atoms with van der Waals surface area (Å²) in [7, 11) is 0. The summed E-state index contributed by atoms with van der Waals surface area (Å²) in [6.45, 7) is 6.31. The third kappa shape index (κ3) is 4.13. The second-order valence-corrected chi connectivity index (χ2v) is 8.86. The number of hydrogen-bond donors (Lipinski definition) is 1. The first kappa shape index (κ1) is 19.4. The lowest BCUT2D eigenvalue weighted by molar-refractivity contribution is -0.296. The van der Waals surface area contributed by atoms with E-state index in [-0.39, 0.29) is 6.10 Å². The van der Waals surface area contributed by atoms with E-state index in [1.54, 1.807) is 0 Å². The van der Waals surface area contributed by atoms with Gasteiger partial charge >= 0.3 is 0 Å². The highest BCUT2D eigenvalue weighted by Crippen LogP contribution is 2.45. The predicted octanol–water partition coefficient (Wildman–Crippen LogP) is 6.34. The molecule has 26 heavy (non-hydrogen) atoms. The number of nitriles is 1. The third-order valence-electron chi connectivity index (χ3n) is 7.08. The molecule has 0 saturated heterocycles. The van der Waals surface area contributed by atoms with Gasteiger partial charge in [0.15, 0.2) is 0 Å². The molecular weight excluding hydrogens is 322 g/mol. The molecule has 1 aromatic carbocycles. The Bertz CT molecular complexity index is 624. The summed E-state index contributed by atoms with van der Waals surface area (Å²) in [5, 5.41) is 18.9. The number of hydrogen-bond acceptors (Lipinski definition) is 3. The van der Waals surface area contributed by atoms with Gasteiger partial charge in [-0.2, -0.15) is 5.26 Å². The zero-order valence-electron chi connectivity index (χ0n) is 16.5. The van der Waals surface area contributed by atoms with Crippen LogP contribution in [0, 0.1) is 48.9 Å². The van der Waals surface area contributed by atoms with Crippen LogP contribution in [0.15, 0.2) is 12.1 Å². The molecule has 2 aliphatic carbocycles. The number of rotatable bonds is 4. The van der Waals surface area contributed by atoms with Crippen LogP contribution in [0.5, 0.6) is 0 Å². The van der Waals surface area contributed by atoms with Gasteiger partial charge in [0.05, 0.1) is 11.6 Å². The van der Waals surface area contributed by atoms with Crippen LogP contribution in [0.3, 0.4) is 0 Å². The van der Waals surface area contributed by atoms with Gasteiger partial charge in [-0.3, -0.25) is 5.26 Å². The zero-order chi connectivity index (χ0) is 18.7. The summed E-state index contributed by atoms with van der Waals surface area (Å²) in [5.41, 5.74) is 3.68. The largest absolute Gasteiger partial charge is 0.251 e. The number of aryl methyl sites for hydroxylation is 2. The SMILES string of the molecule is Cc1cc(C(OO)C2CCC(C3CCC(C)CC3)CC2)cc(C)c1C#N. The molecule has 3 heteroatoms. The molecule has 3 nitrogen and oxygen atoms in total. The Hall–Kier alpha value is -1.37. The van der Waals surface area contributed by atoms with Crippen LogP contribution in [0.1, 0.15) is 86.6 Å². The van der Waals surface area contributed by atoms with E-state index in [0.717, 1.165) is 52.8 Å². The molecule has 0 heterocycles.